The summed E-state index contributed by atoms with van der Waals surface area (Å²) in [7, 11) is 3.19. The van der Waals surface area contributed by atoms with Crippen LogP contribution in [-0.2, 0) is 17.8 Å². The van der Waals surface area contributed by atoms with Gasteiger partial charge < -0.3 is 25.8 Å². The molecule has 2 aromatic rings. The van der Waals surface area contributed by atoms with Crippen LogP contribution in [0.1, 0.15) is 36.6 Å². The summed E-state index contributed by atoms with van der Waals surface area (Å²) in [6, 6.07) is 5.39. The lowest BCUT2D eigenvalue weighted by Gasteiger charge is -2.16. The lowest BCUT2D eigenvalue weighted by atomic mass is 10.1. The van der Waals surface area contributed by atoms with E-state index in [0.29, 0.717) is 42.7 Å². The molecule has 9 nitrogen and oxygen atoms in total. The molecule has 1 aliphatic rings. The highest BCUT2D eigenvalue weighted by Gasteiger charge is 2.25. The minimum absolute atomic E-state index is 0. The number of methoxy groups -OCH3 is 2. The summed E-state index contributed by atoms with van der Waals surface area (Å²) in [6.07, 6.45) is 1.32. The van der Waals surface area contributed by atoms with Gasteiger partial charge in [-0.05, 0) is 31.0 Å². The number of rotatable bonds is 7. The summed E-state index contributed by atoms with van der Waals surface area (Å²) in [5.41, 5.74) is 12.9. The summed E-state index contributed by atoms with van der Waals surface area (Å²) in [4.78, 5) is 18.9. The van der Waals surface area contributed by atoms with Crippen molar-refractivity contribution in [3.63, 3.8) is 0 Å². The minimum atomic E-state index is -0.333. The molecule has 1 aromatic heterocycles. The van der Waals surface area contributed by atoms with Gasteiger partial charge in [0.2, 0.25) is 5.91 Å². The van der Waals surface area contributed by atoms with Crippen LogP contribution >= 0.6 is 24.8 Å². The molecule has 168 valence electrons. The molecule has 11 heteroatoms. The van der Waals surface area contributed by atoms with Gasteiger partial charge in [0, 0.05) is 25.6 Å². The molecule has 1 aromatic carbocycles. The van der Waals surface area contributed by atoms with Gasteiger partial charge in [0.05, 0.1) is 20.3 Å². The molecule has 4 N–H and O–H groups in total. The van der Waals surface area contributed by atoms with Crippen LogP contribution in [0, 0.1) is 0 Å². The summed E-state index contributed by atoms with van der Waals surface area (Å²) in [6.45, 7) is 3.21. The molecular weight excluding hydrogens is 431 g/mol. The summed E-state index contributed by atoms with van der Waals surface area (Å²) in [5, 5.41) is 4.53. The van der Waals surface area contributed by atoms with E-state index in [1.807, 2.05) is 25.1 Å². The van der Waals surface area contributed by atoms with Crippen molar-refractivity contribution < 1.29 is 14.3 Å². The highest BCUT2D eigenvalue weighted by atomic mass is 35.5. The average molecular weight is 461 g/mol. The number of aromatic nitrogens is 3. The Kier molecular flexibility index (Phi) is 9.83. The molecule has 0 saturated carbocycles. The van der Waals surface area contributed by atoms with Crippen molar-refractivity contribution in [3.8, 4) is 11.5 Å². The van der Waals surface area contributed by atoms with E-state index in [2.05, 4.69) is 10.1 Å². The third kappa shape index (κ3) is 5.98. The number of halogens is 2. The minimum Gasteiger partial charge on any atom is -0.493 e. The maximum atomic E-state index is 12.6. The maximum Gasteiger partial charge on any atom is 0.244 e. The number of carbonyl (C=O) groups excluding carboxylic acids is 1. The molecule has 0 unspecified atom stereocenters. The van der Waals surface area contributed by atoms with Gasteiger partial charge in [-0.3, -0.25) is 4.79 Å². The first kappa shape index (κ1) is 26.0. The average Bonchev–Trinajstić information content (AvgIpc) is 3.28. The van der Waals surface area contributed by atoms with Crippen molar-refractivity contribution in [1.29, 1.82) is 0 Å². The Balaban J connectivity index is 0.00000225. The third-order valence-corrected chi connectivity index (χ3v) is 4.82. The van der Waals surface area contributed by atoms with Gasteiger partial charge in [0.15, 0.2) is 17.3 Å². The first-order valence-electron chi connectivity index (χ1n) is 9.34. The Hall–Kier alpha value is -2.07. The number of amides is 1. The number of likely N-dealkylation sites (tertiary alicyclic amines) is 1. The van der Waals surface area contributed by atoms with Crippen molar-refractivity contribution in [3.05, 3.63) is 35.4 Å². The quantitative estimate of drug-likeness (QED) is 0.638. The van der Waals surface area contributed by atoms with Gasteiger partial charge in [0.1, 0.15) is 12.4 Å². The predicted molar refractivity (Wildman–Crippen MR) is 119 cm³/mol. The first-order valence-corrected chi connectivity index (χ1v) is 9.34. The standard InChI is InChI=1S/C19H28N6O3.2ClH/c1-12(20)19-22-17(9-13-4-5-15(27-2)16(8-13)28-3)23-25(19)11-18(26)24-7-6-14(21)10-24;;/h4-5,8,12,14H,6-7,9-11,20-21H2,1-3H3;2*1H/t12-,14+;;/m1../s1. The molecule has 0 spiro atoms. The lowest BCUT2D eigenvalue weighted by molar-refractivity contribution is -0.131. The van der Waals surface area contributed by atoms with Gasteiger partial charge in [-0.25, -0.2) is 9.67 Å². The van der Waals surface area contributed by atoms with Crippen molar-refractivity contribution in [1.82, 2.24) is 19.7 Å². The monoisotopic (exact) mass is 460 g/mol. The van der Waals surface area contributed by atoms with Crippen LogP contribution in [0.15, 0.2) is 18.2 Å². The van der Waals surface area contributed by atoms with Crippen molar-refractivity contribution in [2.24, 2.45) is 11.5 Å². The van der Waals surface area contributed by atoms with Gasteiger partial charge in [-0.2, -0.15) is 5.10 Å². The van der Waals surface area contributed by atoms with E-state index in [4.69, 9.17) is 20.9 Å². The number of nitrogens with zero attached hydrogens (tertiary/aromatic N) is 4. The van der Waals surface area contributed by atoms with E-state index < -0.39 is 0 Å². The van der Waals surface area contributed by atoms with E-state index in [0.717, 1.165) is 12.0 Å². The third-order valence-electron chi connectivity index (χ3n) is 4.82. The van der Waals surface area contributed by atoms with Crippen LogP contribution in [0.25, 0.3) is 0 Å². The highest BCUT2D eigenvalue weighted by molar-refractivity contribution is 5.85. The maximum absolute atomic E-state index is 12.6. The zero-order valence-electron chi connectivity index (χ0n) is 17.4. The van der Waals surface area contributed by atoms with Crippen LogP contribution in [0.5, 0.6) is 11.5 Å². The Morgan fingerprint density at radius 1 is 1.27 bits per heavy atom. The second kappa shape index (κ2) is 11.4. The molecule has 0 bridgehead atoms. The smallest absolute Gasteiger partial charge is 0.244 e. The summed E-state index contributed by atoms with van der Waals surface area (Å²) in [5.74, 6) is 2.48. The molecule has 0 aliphatic carbocycles. The summed E-state index contributed by atoms with van der Waals surface area (Å²) < 4.78 is 12.2. The van der Waals surface area contributed by atoms with Crippen LogP contribution < -0.4 is 20.9 Å². The zero-order chi connectivity index (χ0) is 20.3. The molecule has 1 amide bonds. The number of benzene rings is 1. The number of hydrogen-bond donors (Lipinski definition) is 2. The zero-order valence-corrected chi connectivity index (χ0v) is 19.0. The van der Waals surface area contributed by atoms with E-state index in [1.165, 1.54) is 0 Å². The molecular formula is C19H30Cl2N6O3. The second-order valence-corrected chi connectivity index (χ2v) is 7.09. The summed E-state index contributed by atoms with van der Waals surface area (Å²) >= 11 is 0. The molecule has 30 heavy (non-hydrogen) atoms. The van der Waals surface area contributed by atoms with E-state index in [9.17, 15) is 4.79 Å². The van der Waals surface area contributed by atoms with Crippen LogP contribution in [0.4, 0.5) is 0 Å². The van der Waals surface area contributed by atoms with Crippen LogP contribution in [0.2, 0.25) is 0 Å². The number of nitrogens with two attached hydrogens (primary N) is 2. The Morgan fingerprint density at radius 3 is 2.53 bits per heavy atom. The Morgan fingerprint density at radius 2 is 1.97 bits per heavy atom. The fourth-order valence-corrected chi connectivity index (χ4v) is 3.35. The van der Waals surface area contributed by atoms with E-state index >= 15 is 0 Å². The molecule has 3 rings (SSSR count). The van der Waals surface area contributed by atoms with Gasteiger partial charge in [-0.15, -0.1) is 24.8 Å². The molecule has 2 heterocycles. The van der Waals surface area contributed by atoms with Crippen molar-refractivity contribution in [2.45, 2.75) is 38.4 Å². The fourth-order valence-electron chi connectivity index (χ4n) is 3.35. The van der Waals surface area contributed by atoms with Crippen molar-refractivity contribution >= 4 is 30.7 Å². The molecule has 0 radical (unpaired) electrons. The lowest BCUT2D eigenvalue weighted by Crippen LogP contribution is -2.35. The van der Waals surface area contributed by atoms with E-state index in [1.54, 1.807) is 23.8 Å². The predicted octanol–water partition coefficient (Wildman–Crippen LogP) is 1.31. The Labute approximate surface area is 188 Å². The molecule has 1 saturated heterocycles. The van der Waals surface area contributed by atoms with Gasteiger partial charge in [0.25, 0.3) is 0 Å². The van der Waals surface area contributed by atoms with Gasteiger partial charge in [-0.1, -0.05) is 6.07 Å². The first-order chi connectivity index (χ1) is 13.4. The van der Waals surface area contributed by atoms with Crippen molar-refractivity contribution in [2.75, 3.05) is 27.3 Å². The molecule has 1 aliphatic heterocycles. The van der Waals surface area contributed by atoms with Crippen LogP contribution in [0.3, 0.4) is 0 Å². The number of hydrogen-bond acceptors (Lipinski definition) is 7. The second-order valence-electron chi connectivity index (χ2n) is 7.09. The van der Waals surface area contributed by atoms with Crippen LogP contribution in [-0.4, -0.2) is 58.9 Å². The van der Waals surface area contributed by atoms with E-state index in [-0.39, 0.29) is 49.3 Å². The molecule has 2 atom stereocenters. The highest BCUT2D eigenvalue weighted by Crippen LogP contribution is 2.28. The SMILES string of the molecule is COc1ccc(Cc2nc([C@@H](C)N)n(CC(=O)N3CC[C@H](N)C3)n2)cc1OC.Cl.Cl. The largest absolute Gasteiger partial charge is 0.493 e. The van der Waals surface area contributed by atoms with Gasteiger partial charge >= 0.3 is 0 Å². The fraction of sp³-hybridized carbons (Fsp3) is 0.526. The topological polar surface area (TPSA) is 122 Å². The normalized spacial score (nSPS) is 16.4. The number of carbonyl (C=O) groups is 1. The Bertz CT molecular complexity index is 846. The number of ether oxygens (including phenoxy) is 2. The molecule has 1 fully saturated rings.